The molecule has 1 unspecified atom stereocenters. The molecule has 1 fully saturated rings. The Morgan fingerprint density at radius 2 is 2.04 bits per heavy atom. The van der Waals surface area contributed by atoms with Crippen LogP contribution in [0.2, 0.25) is 0 Å². The number of hydrogen-bond donors (Lipinski definition) is 2. The van der Waals surface area contributed by atoms with Crippen LogP contribution in [0.3, 0.4) is 0 Å². The molecule has 1 saturated heterocycles. The van der Waals surface area contributed by atoms with Crippen LogP contribution in [-0.2, 0) is 16.1 Å². The number of para-hydroxylation sites is 1. The second-order valence-corrected chi connectivity index (χ2v) is 5.45. The van der Waals surface area contributed by atoms with Gasteiger partial charge in [0.05, 0.1) is 0 Å². The summed E-state index contributed by atoms with van der Waals surface area (Å²) in [4.78, 5) is 30.2. The van der Waals surface area contributed by atoms with E-state index in [1.807, 2.05) is 24.3 Å². The van der Waals surface area contributed by atoms with Gasteiger partial charge in [0.2, 0.25) is 5.60 Å². The molecule has 2 N–H and O–H groups in total. The van der Waals surface area contributed by atoms with E-state index in [2.05, 4.69) is 10.3 Å². The Labute approximate surface area is 133 Å². The first kappa shape index (κ1) is 15.2. The number of benzene rings is 1. The van der Waals surface area contributed by atoms with Gasteiger partial charge in [-0.3, -0.25) is 14.6 Å². The van der Waals surface area contributed by atoms with Crippen molar-refractivity contribution < 1.29 is 14.7 Å². The van der Waals surface area contributed by atoms with Crippen molar-refractivity contribution in [1.82, 2.24) is 10.3 Å². The normalized spacial score (nSPS) is 20.6. The quantitative estimate of drug-likeness (QED) is 0.821. The van der Waals surface area contributed by atoms with E-state index in [0.29, 0.717) is 12.2 Å². The molecule has 6 nitrogen and oxygen atoms in total. The van der Waals surface area contributed by atoms with Gasteiger partial charge in [-0.2, -0.15) is 0 Å². The molecular formula is C17H17N3O3. The van der Waals surface area contributed by atoms with Crippen LogP contribution in [0.15, 0.2) is 54.9 Å². The van der Waals surface area contributed by atoms with Crippen LogP contribution in [0, 0.1) is 0 Å². The maximum atomic E-state index is 12.5. The smallest absolute Gasteiger partial charge is 0.268 e. The SMILES string of the molecule is O=C(NCc1cccnc1)C1(O)CCN(c2ccccc2)C1=O. The number of aliphatic hydroxyl groups is 1. The molecule has 0 aliphatic carbocycles. The predicted molar refractivity (Wildman–Crippen MR) is 84.4 cm³/mol. The molecular weight excluding hydrogens is 294 g/mol. The van der Waals surface area contributed by atoms with Crippen LogP contribution in [0.5, 0.6) is 0 Å². The summed E-state index contributed by atoms with van der Waals surface area (Å²) in [5, 5.41) is 13.1. The molecule has 118 valence electrons. The molecule has 1 aromatic carbocycles. The highest BCUT2D eigenvalue weighted by atomic mass is 16.3. The van der Waals surface area contributed by atoms with Crippen molar-refractivity contribution >= 4 is 17.5 Å². The van der Waals surface area contributed by atoms with Crippen molar-refractivity contribution in [3.8, 4) is 0 Å². The standard InChI is InChI=1S/C17H17N3O3/c21-15(19-12-13-5-4-9-18-11-13)17(23)8-10-20(16(17)22)14-6-2-1-3-7-14/h1-7,9,11,23H,8,10,12H2,(H,19,21). The number of amides is 2. The molecule has 0 bridgehead atoms. The minimum Gasteiger partial charge on any atom is -0.372 e. The van der Waals surface area contributed by atoms with Crippen LogP contribution >= 0.6 is 0 Å². The lowest BCUT2D eigenvalue weighted by molar-refractivity contribution is -0.149. The molecule has 0 saturated carbocycles. The molecule has 2 aromatic rings. The molecule has 23 heavy (non-hydrogen) atoms. The lowest BCUT2D eigenvalue weighted by atomic mass is 10.0. The maximum absolute atomic E-state index is 12.5. The number of carbonyl (C=O) groups is 2. The van der Waals surface area contributed by atoms with E-state index in [9.17, 15) is 14.7 Å². The van der Waals surface area contributed by atoms with E-state index in [-0.39, 0.29) is 13.0 Å². The Hall–Kier alpha value is -2.73. The monoisotopic (exact) mass is 311 g/mol. The Balaban J connectivity index is 1.69. The number of nitrogens with one attached hydrogen (secondary N) is 1. The minimum atomic E-state index is -2.02. The zero-order valence-corrected chi connectivity index (χ0v) is 12.5. The number of hydrogen-bond acceptors (Lipinski definition) is 4. The van der Waals surface area contributed by atoms with E-state index < -0.39 is 17.4 Å². The first-order chi connectivity index (χ1) is 11.1. The summed E-state index contributed by atoms with van der Waals surface area (Å²) in [5.74, 6) is -1.27. The number of carbonyl (C=O) groups excluding carboxylic acids is 2. The number of pyridine rings is 1. The summed E-state index contributed by atoms with van der Waals surface area (Å²) < 4.78 is 0. The second-order valence-electron chi connectivity index (χ2n) is 5.45. The number of anilines is 1. The first-order valence-electron chi connectivity index (χ1n) is 7.38. The Morgan fingerprint density at radius 3 is 2.74 bits per heavy atom. The summed E-state index contributed by atoms with van der Waals surface area (Å²) >= 11 is 0. The summed E-state index contributed by atoms with van der Waals surface area (Å²) in [5.41, 5.74) is -0.541. The molecule has 3 rings (SSSR count). The van der Waals surface area contributed by atoms with Crippen molar-refractivity contribution in [2.75, 3.05) is 11.4 Å². The number of rotatable bonds is 4. The zero-order chi connectivity index (χ0) is 16.3. The third-order valence-corrected chi connectivity index (χ3v) is 3.92. The number of nitrogens with zero attached hydrogens (tertiary/aromatic N) is 2. The maximum Gasteiger partial charge on any atom is 0.268 e. The average molecular weight is 311 g/mol. The first-order valence-corrected chi connectivity index (χ1v) is 7.38. The fraction of sp³-hybridized carbons (Fsp3) is 0.235. The summed E-state index contributed by atoms with van der Waals surface area (Å²) in [6, 6.07) is 12.6. The Morgan fingerprint density at radius 1 is 1.26 bits per heavy atom. The Bertz CT molecular complexity index is 706. The van der Waals surface area contributed by atoms with Crippen molar-refractivity contribution in [3.05, 3.63) is 60.4 Å². The zero-order valence-electron chi connectivity index (χ0n) is 12.5. The largest absolute Gasteiger partial charge is 0.372 e. The van der Waals surface area contributed by atoms with Gasteiger partial charge in [0, 0.05) is 37.6 Å². The summed E-state index contributed by atoms with van der Waals surface area (Å²) in [7, 11) is 0. The van der Waals surface area contributed by atoms with Crippen LogP contribution in [-0.4, -0.2) is 34.1 Å². The van der Waals surface area contributed by atoms with E-state index in [4.69, 9.17) is 0 Å². The third-order valence-electron chi connectivity index (χ3n) is 3.92. The highest BCUT2D eigenvalue weighted by Crippen LogP contribution is 2.28. The van der Waals surface area contributed by atoms with Gasteiger partial charge in [-0.15, -0.1) is 0 Å². The summed E-state index contributed by atoms with van der Waals surface area (Å²) in [6.07, 6.45) is 3.33. The van der Waals surface area contributed by atoms with E-state index in [0.717, 1.165) is 5.56 Å². The molecule has 1 aromatic heterocycles. The van der Waals surface area contributed by atoms with E-state index in [1.165, 1.54) is 4.90 Å². The van der Waals surface area contributed by atoms with Crippen molar-refractivity contribution in [3.63, 3.8) is 0 Å². The van der Waals surface area contributed by atoms with Crippen molar-refractivity contribution in [2.45, 2.75) is 18.6 Å². The number of aromatic nitrogens is 1. The van der Waals surface area contributed by atoms with Gasteiger partial charge in [0.15, 0.2) is 0 Å². The van der Waals surface area contributed by atoms with Gasteiger partial charge in [0.1, 0.15) is 0 Å². The second kappa shape index (κ2) is 6.18. The van der Waals surface area contributed by atoms with Gasteiger partial charge in [-0.25, -0.2) is 0 Å². The molecule has 2 amide bonds. The van der Waals surface area contributed by atoms with Gasteiger partial charge in [-0.05, 0) is 23.8 Å². The van der Waals surface area contributed by atoms with Gasteiger partial charge < -0.3 is 15.3 Å². The average Bonchev–Trinajstić information content (AvgIpc) is 2.91. The van der Waals surface area contributed by atoms with Crippen molar-refractivity contribution in [2.24, 2.45) is 0 Å². The minimum absolute atomic E-state index is 0.0690. The van der Waals surface area contributed by atoms with Crippen LogP contribution in [0.4, 0.5) is 5.69 Å². The lowest BCUT2D eigenvalue weighted by Gasteiger charge is -2.21. The molecule has 1 aliphatic heterocycles. The molecule has 0 radical (unpaired) electrons. The fourth-order valence-electron chi connectivity index (χ4n) is 2.60. The fourth-order valence-corrected chi connectivity index (χ4v) is 2.60. The highest BCUT2D eigenvalue weighted by molar-refractivity contribution is 6.16. The molecule has 2 heterocycles. The predicted octanol–water partition coefficient (Wildman–Crippen LogP) is 0.866. The molecule has 1 atom stereocenters. The molecule has 1 aliphatic rings. The van der Waals surface area contributed by atoms with E-state index >= 15 is 0 Å². The van der Waals surface area contributed by atoms with Crippen LogP contribution in [0.1, 0.15) is 12.0 Å². The van der Waals surface area contributed by atoms with Gasteiger partial charge >= 0.3 is 0 Å². The van der Waals surface area contributed by atoms with E-state index in [1.54, 1.807) is 30.6 Å². The van der Waals surface area contributed by atoms with Gasteiger partial charge in [0.25, 0.3) is 11.8 Å². The van der Waals surface area contributed by atoms with Gasteiger partial charge in [-0.1, -0.05) is 24.3 Å². The molecule has 0 spiro atoms. The highest BCUT2D eigenvalue weighted by Gasteiger charge is 2.51. The van der Waals surface area contributed by atoms with Crippen LogP contribution in [0.25, 0.3) is 0 Å². The van der Waals surface area contributed by atoms with Crippen LogP contribution < -0.4 is 10.2 Å². The topological polar surface area (TPSA) is 82.5 Å². The lowest BCUT2D eigenvalue weighted by Crippen LogP contribution is -2.52. The Kier molecular flexibility index (Phi) is 4.08. The summed E-state index contributed by atoms with van der Waals surface area (Å²) in [6.45, 7) is 0.521. The molecule has 6 heteroatoms. The van der Waals surface area contributed by atoms with Crippen molar-refractivity contribution in [1.29, 1.82) is 0 Å². The third kappa shape index (κ3) is 2.93.